The van der Waals surface area contributed by atoms with E-state index in [4.69, 9.17) is 33.1 Å². The molecule has 19 rings (SSSR count). The van der Waals surface area contributed by atoms with Crippen LogP contribution in [0.2, 0.25) is 0 Å². The van der Waals surface area contributed by atoms with Crippen molar-refractivity contribution in [1.29, 1.82) is 0 Å². The second-order valence-electron chi connectivity index (χ2n) is 25.9. The van der Waals surface area contributed by atoms with E-state index in [0.717, 1.165) is 93.8 Å². The van der Waals surface area contributed by atoms with Crippen molar-refractivity contribution in [1.82, 2.24) is 15.0 Å². The van der Waals surface area contributed by atoms with Crippen molar-refractivity contribution >= 4 is 121 Å². The van der Waals surface area contributed by atoms with Gasteiger partial charge in [-0.25, -0.2) is 15.0 Å². The van der Waals surface area contributed by atoms with Gasteiger partial charge in [0, 0.05) is 80.5 Å². The molecule has 1 saturated heterocycles. The van der Waals surface area contributed by atoms with Crippen LogP contribution in [0.1, 0.15) is 35.1 Å². The molecule has 9 heteroatoms. The van der Waals surface area contributed by atoms with Crippen molar-refractivity contribution in [3.8, 4) is 67.5 Å². The average molecular weight is 1480 g/mol. The zero-order chi connectivity index (χ0) is 63.5. The third-order valence-electron chi connectivity index (χ3n) is 19.9. The minimum atomic E-state index is -0.460. The predicted octanol–water partition coefficient (Wildman–Crippen LogP) is 23.2. The predicted molar refractivity (Wildman–Crippen MR) is 401 cm³/mol. The van der Waals surface area contributed by atoms with Crippen LogP contribution in [0, 0.1) is 31.1 Å². The molecule has 1 aliphatic rings. The molecule has 0 radical (unpaired) electrons. The van der Waals surface area contributed by atoms with Crippen LogP contribution in [0.5, 0.6) is 0 Å². The molecule has 0 aliphatic carbocycles. The Bertz CT molecular complexity index is 6040. The Balaban J connectivity index is 0.000000156. The van der Waals surface area contributed by atoms with Crippen molar-refractivity contribution in [3.63, 3.8) is 0 Å². The van der Waals surface area contributed by atoms with Gasteiger partial charge in [0.1, 0.15) is 22.3 Å². The SMILES string of the molecule is C.CC1(C)OB(c2cccc3oc4c(-c5ccc6c7ccccc7c7ccccc7c6c5)cccc4c23)OC1(C)C.[U].c1ccc(-c2ccc(-c3nc(-c4ccccc4)nc(-c4cccc5oc6c(-c7ccc8c9ccccc9c9ccccc9c8c7)cccc6c45)n3)cc2)cc1. The van der Waals surface area contributed by atoms with E-state index in [1.165, 1.54) is 70.2 Å². The second kappa shape index (κ2) is 24.3. The van der Waals surface area contributed by atoms with Gasteiger partial charge in [0.05, 0.1) is 11.2 Å². The Kier molecular flexibility index (Phi) is 15.4. The molecule has 0 amide bonds. The molecule has 0 atom stereocenters. The molecule has 97 heavy (non-hydrogen) atoms. The minimum Gasteiger partial charge on any atom is -0.455 e. The van der Waals surface area contributed by atoms with Gasteiger partial charge in [-0.3, -0.25) is 0 Å². The normalized spacial score (nSPS) is 13.5. The zero-order valence-electron chi connectivity index (χ0n) is 53.3. The summed E-state index contributed by atoms with van der Waals surface area (Å²) in [6.07, 6.45) is 0. The first kappa shape index (κ1) is 61.4. The van der Waals surface area contributed by atoms with Crippen LogP contribution >= 0.6 is 0 Å². The quantitative estimate of drug-likeness (QED) is 0.116. The summed E-state index contributed by atoms with van der Waals surface area (Å²) in [6.45, 7) is 8.35. The maximum Gasteiger partial charge on any atom is 0.495 e. The number of rotatable bonds is 7. The molecular formula is C88H64BN3O4U. The molecule has 18 aromatic rings. The van der Waals surface area contributed by atoms with Gasteiger partial charge < -0.3 is 18.1 Å². The number of hydrogen-bond donors (Lipinski definition) is 0. The van der Waals surface area contributed by atoms with Crippen molar-refractivity contribution in [2.24, 2.45) is 0 Å². The largest absolute Gasteiger partial charge is 0.495 e. The van der Waals surface area contributed by atoms with Crippen molar-refractivity contribution in [3.05, 3.63) is 291 Å². The van der Waals surface area contributed by atoms with Crippen LogP contribution in [0.3, 0.4) is 0 Å². The molecular weight excluding hydrogens is 1410 g/mol. The summed E-state index contributed by atoms with van der Waals surface area (Å²) < 4.78 is 26.3. The summed E-state index contributed by atoms with van der Waals surface area (Å²) >= 11 is 0. The molecule has 1 aliphatic heterocycles. The molecule has 7 nitrogen and oxygen atoms in total. The Labute approximate surface area is 585 Å². The van der Waals surface area contributed by atoms with Gasteiger partial charge >= 0.3 is 7.12 Å². The van der Waals surface area contributed by atoms with Gasteiger partial charge in [0.25, 0.3) is 0 Å². The average Bonchev–Trinajstić information content (AvgIpc) is 1.70. The summed E-state index contributed by atoms with van der Waals surface area (Å²) in [6, 6.07) is 102. The van der Waals surface area contributed by atoms with Crippen molar-refractivity contribution in [2.45, 2.75) is 46.3 Å². The monoisotopic (exact) mass is 1480 g/mol. The van der Waals surface area contributed by atoms with E-state index in [9.17, 15) is 0 Å². The van der Waals surface area contributed by atoms with Gasteiger partial charge in [0.2, 0.25) is 0 Å². The summed E-state index contributed by atoms with van der Waals surface area (Å²) in [7, 11) is -0.460. The fourth-order valence-corrected chi connectivity index (χ4v) is 14.5. The topological polar surface area (TPSA) is 83.4 Å². The Morgan fingerprint density at radius 3 is 1.06 bits per heavy atom. The van der Waals surface area contributed by atoms with Crippen molar-refractivity contribution < 1.29 is 49.3 Å². The fraction of sp³-hybridized carbons (Fsp3) is 0.0795. The van der Waals surface area contributed by atoms with Crippen LogP contribution in [0.4, 0.5) is 0 Å². The first-order valence-corrected chi connectivity index (χ1v) is 32.5. The van der Waals surface area contributed by atoms with E-state index in [2.05, 4.69) is 258 Å². The Hall–Kier alpha value is -10.5. The number of hydrogen-bond acceptors (Lipinski definition) is 7. The summed E-state index contributed by atoms with van der Waals surface area (Å²) in [4.78, 5) is 15.3. The molecule has 0 unspecified atom stereocenters. The van der Waals surface area contributed by atoms with Crippen LogP contribution in [-0.4, -0.2) is 33.3 Å². The molecule has 4 heterocycles. The summed E-state index contributed by atoms with van der Waals surface area (Å²) in [5, 5.41) is 19.2. The van der Waals surface area contributed by atoms with Gasteiger partial charge in [-0.05, 0) is 144 Å². The third-order valence-corrected chi connectivity index (χ3v) is 19.9. The molecule has 462 valence electrons. The fourth-order valence-electron chi connectivity index (χ4n) is 14.5. The number of benzene rings is 15. The molecule has 0 spiro atoms. The maximum atomic E-state index is 6.78. The number of fused-ring (bicyclic) bond motifs is 18. The van der Waals surface area contributed by atoms with Crippen LogP contribution in [-0.2, 0) is 9.31 Å². The smallest absolute Gasteiger partial charge is 0.455 e. The van der Waals surface area contributed by atoms with Crippen molar-refractivity contribution in [2.75, 3.05) is 0 Å². The molecule has 3 aromatic heterocycles. The Morgan fingerprint density at radius 2 is 0.588 bits per heavy atom. The molecule has 0 bridgehead atoms. The van der Waals surface area contributed by atoms with Gasteiger partial charge in [0.15, 0.2) is 17.5 Å². The van der Waals surface area contributed by atoms with Gasteiger partial charge in [-0.1, -0.05) is 274 Å². The molecule has 0 saturated carbocycles. The van der Waals surface area contributed by atoms with E-state index in [1.807, 2.05) is 60.7 Å². The van der Waals surface area contributed by atoms with E-state index < -0.39 is 18.3 Å². The molecule has 0 N–H and O–H groups in total. The standard InChI is InChI=1S/C51H31N3O.C36H29BO3.CH4.U/c1-3-13-32(14-4-1)33-25-27-35(28-26-33)50-52-49(34-15-5-2-6-16-34)53-51(54-50)44-23-12-24-46-47(44)43-22-11-21-37(48(43)55-46)36-29-30-42-40-19-8-7-17-38(40)39-18-9-10-20-41(39)45(42)31-36;1-35(2)36(3,4)40-37(39-35)31-17-10-18-32-33(31)29-16-9-15-23(34(29)38-32)22-19-20-28-26-13-6-5-11-24(26)25-12-7-8-14-27(25)30(28)21-22;;/h1-31H;5-21H,1-4H3;1H4;. The first-order chi connectivity index (χ1) is 46.6. The van der Waals surface area contributed by atoms with Gasteiger partial charge in [-0.2, -0.15) is 0 Å². The zero-order valence-corrected chi connectivity index (χ0v) is 57.4. The Morgan fingerprint density at radius 1 is 0.268 bits per heavy atom. The number of para-hydroxylation sites is 2. The second-order valence-corrected chi connectivity index (χ2v) is 25.9. The van der Waals surface area contributed by atoms with E-state index in [-0.39, 0.29) is 38.5 Å². The van der Waals surface area contributed by atoms with Gasteiger partial charge in [-0.15, -0.1) is 0 Å². The maximum absolute atomic E-state index is 6.78. The number of furan rings is 2. The van der Waals surface area contributed by atoms with E-state index in [1.54, 1.807) is 0 Å². The third kappa shape index (κ3) is 10.3. The van der Waals surface area contributed by atoms with Crippen LogP contribution in [0.25, 0.3) is 176 Å². The first-order valence-electron chi connectivity index (χ1n) is 32.5. The van der Waals surface area contributed by atoms with E-state index in [0.29, 0.717) is 17.5 Å². The van der Waals surface area contributed by atoms with E-state index >= 15 is 0 Å². The number of nitrogens with zero attached hydrogens (tertiary/aromatic N) is 3. The molecule has 1 fully saturated rings. The summed E-state index contributed by atoms with van der Waals surface area (Å²) in [5.41, 5.74) is 12.9. The summed E-state index contributed by atoms with van der Waals surface area (Å²) in [5.74, 6) is 1.83. The molecule has 15 aromatic carbocycles. The minimum absolute atomic E-state index is 0. The number of aromatic nitrogens is 3. The van der Waals surface area contributed by atoms with Crippen LogP contribution < -0.4 is 5.46 Å². The van der Waals surface area contributed by atoms with Crippen LogP contribution in [0.15, 0.2) is 300 Å².